The van der Waals surface area contributed by atoms with Crippen molar-refractivity contribution in [1.29, 1.82) is 0 Å². The van der Waals surface area contributed by atoms with Crippen molar-refractivity contribution in [2.45, 2.75) is 6.54 Å². The summed E-state index contributed by atoms with van der Waals surface area (Å²) in [4.78, 5) is 20.6. The molecule has 0 spiro atoms. The van der Waals surface area contributed by atoms with Crippen LogP contribution in [0.4, 0.5) is 0 Å². The third-order valence-corrected chi connectivity index (χ3v) is 4.00. The van der Waals surface area contributed by atoms with E-state index in [9.17, 15) is 4.79 Å². The molecule has 1 aromatic heterocycles. The van der Waals surface area contributed by atoms with E-state index in [-0.39, 0.29) is 19.1 Å². The molecule has 0 bridgehead atoms. The molecule has 0 radical (unpaired) electrons. The van der Waals surface area contributed by atoms with Crippen LogP contribution in [0.1, 0.15) is 5.69 Å². The maximum Gasteiger partial charge on any atom is 0.258 e. The molecule has 0 fully saturated rings. The number of methoxy groups -OCH3 is 2. The molecule has 3 rings (SSSR count). The van der Waals surface area contributed by atoms with E-state index in [0.717, 1.165) is 17.0 Å². The Morgan fingerprint density at radius 2 is 1.71 bits per heavy atom. The molecule has 7 nitrogen and oxygen atoms in total. The van der Waals surface area contributed by atoms with Gasteiger partial charge in [-0.3, -0.25) is 4.79 Å². The predicted molar refractivity (Wildman–Crippen MR) is 104 cm³/mol. The minimum Gasteiger partial charge on any atom is -0.497 e. The van der Waals surface area contributed by atoms with Gasteiger partial charge >= 0.3 is 0 Å². The van der Waals surface area contributed by atoms with Gasteiger partial charge in [0.25, 0.3) is 5.91 Å². The van der Waals surface area contributed by atoms with Crippen LogP contribution in [0.2, 0.25) is 0 Å². The Morgan fingerprint density at radius 1 is 0.964 bits per heavy atom. The summed E-state index contributed by atoms with van der Waals surface area (Å²) in [6.45, 7) is 0.163. The second-order valence-electron chi connectivity index (χ2n) is 5.84. The van der Waals surface area contributed by atoms with Gasteiger partial charge in [-0.1, -0.05) is 12.1 Å². The van der Waals surface area contributed by atoms with Gasteiger partial charge in [-0.05, 0) is 42.5 Å². The van der Waals surface area contributed by atoms with Gasteiger partial charge in [0.15, 0.2) is 18.1 Å². The van der Waals surface area contributed by atoms with Crippen molar-refractivity contribution < 1.29 is 19.0 Å². The number of rotatable bonds is 8. The zero-order valence-electron chi connectivity index (χ0n) is 15.7. The molecule has 0 aliphatic rings. The van der Waals surface area contributed by atoms with Crippen molar-refractivity contribution in [2.75, 3.05) is 20.8 Å². The summed E-state index contributed by atoms with van der Waals surface area (Å²) in [5.41, 5.74) is 2.41. The molecule has 28 heavy (non-hydrogen) atoms. The van der Waals surface area contributed by atoms with Crippen LogP contribution in [0.5, 0.6) is 17.2 Å². The maximum absolute atomic E-state index is 12.1. The smallest absolute Gasteiger partial charge is 0.258 e. The molecule has 144 valence electrons. The average molecular weight is 379 g/mol. The number of nitrogens with one attached hydrogen (secondary N) is 1. The van der Waals surface area contributed by atoms with Gasteiger partial charge in [-0.2, -0.15) is 0 Å². The Bertz CT molecular complexity index is 929. The van der Waals surface area contributed by atoms with Crippen LogP contribution < -0.4 is 19.5 Å². The van der Waals surface area contributed by atoms with Gasteiger partial charge in [0.05, 0.1) is 32.2 Å². The van der Waals surface area contributed by atoms with Gasteiger partial charge in [-0.15, -0.1) is 0 Å². The number of carbonyl (C=O) groups excluding carboxylic acids is 1. The number of benzene rings is 2. The minimum atomic E-state index is -0.254. The monoisotopic (exact) mass is 379 g/mol. The van der Waals surface area contributed by atoms with Crippen molar-refractivity contribution in [3.8, 4) is 28.5 Å². The van der Waals surface area contributed by atoms with Gasteiger partial charge < -0.3 is 19.5 Å². The van der Waals surface area contributed by atoms with Crippen molar-refractivity contribution in [3.05, 3.63) is 66.6 Å². The van der Waals surface area contributed by atoms with Crippen LogP contribution in [0.3, 0.4) is 0 Å². The molecular weight excluding hydrogens is 358 g/mol. The van der Waals surface area contributed by atoms with E-state index in [1.807, 2.05) is 42.5 Å². The molecule has 1 N–H and O–H groups in total. The van der Waals surface area contributed by atoms with Crippen LogP contribution in [0.25, 0.3) is 11.3 Å². The lowest BCUT2D eigenvalue weighted by molar-refractivity contribution is -0.123. The molecule has 0 atom stereocenters. The zero-order valence-corrected chi connectivity index (χ0v) is 15.7. The molecule has 0 aliphatic heterocycles. The first-order valence-electron chi connectivity index (χ1n) is 8.67. The summed E-state index contributed by atoms with van der Waals surface area (Å²) in [6.07, 6.45) is 1.48. The highest BCUT2D eigenvalue weighted by Crippen LogP contribution is 2.25. The summed E-state index contributed by atoms with van der Waals surface area (Å²) in [6, 6.07) is 16.6. The molecule has 0 aliphatic carbocycles. The first-order valence-corrected chi connectivity index (χ1v) is 8.67. The molecule has 3 aromatic rings. The van der Waals surface area contributed by atoms with E-state index in [4.69, 9.17) is 14.2 Å². The SMILES string of the molecule is COc1ccc(-c2cc(CNC(=O)COc3ccccc3OC)ncn2)cc1. The average Bonchev–Trinajstić information content (AvgIpc) is 2.76. The number of carbonyl (C=O) groups is 1. The van der Waals surface area contributed by atoms with E-state index in [1.165, 1.54) is 6.33 Å². The lowest BCUT2D eigenvalue weighted by Crippen LogP contribution is -2.28. The van der Waals surface area contributed by atoms with Gasteiger partial charge in [0, 0.05) is 5.56 Å². The van der Waals surface area contributed by atoms with Crippen LogP contribution in [0, 0.1) is 0 Å². The molecule has 1 heterocycles. The summed E-state index contributed by atoms with van der Waals surface area (Å²) < 4.78 is 15.9. The zero-order chi connectivity index (χ0) is 19.8. The van der Waals surface area contributed by atoms with Gasteiger partial charge in [-0.25, -0.2) is 9.97 Å². The fraction of sp³-hybridized carbons (Fsp3) is 0.190. The van der Waals surface area contributed by atoms with E-state index < -0.39 is 0 Å². The van der Waals surface area contributed by atoms with Crippen molar-refractivity contribution in [2.24, 2.45) is 0 Å². The summed E-state index contributed by atoms with van der Waals surface area (Å²) in [5.74, 6) is 1.62. The fourth-order valence-electron chi connectivity index (χ4n) is 2.54. The summed E-state index contributed by atoms with van der Waals surface area (Å²) in [7, 11) is 3.18. The number of ether oxygens (including phenoxy) is 3. The van der Waals surface area contributed by atoms with Crippen LogP contribution in [0.15, 0.2) is 60.9 Å². The third kappa shape index (κ3) is 4.97. The lowest BCUT2D eigenvalue weighted by atomic mass is 10.1. The fourth-order valence-corrected chi connectivity index (χ4v) is 2.54. The Balaban J connectivity index is 1.56. The van der Waals surface area contributed by atoms with Crippen molar-refractivity contribution in [3.63, 3.8) is 0 Å². The Hall–Kier alpha value is -3.61. The number of hydrogen-bond acceptors (Lipinski definition) is 6. The van der Waals surface area contributed by atoms with Crippen LogP contribution >= 0.6 is 0 Å². The number of amides is 1. The molecular formula is C21H21N3O4. The molecule has 7 heteroatoms. The number of aromatic nitrogens is 2. The largest absolute Gasteiger partial charge is 0.497 e. The first kappa shape index (κ1) is 19.2. The Kier molecular flexibility index (Phi) is 6.41. The van der Waals surface area contributed by atoms with Crippen molar-refractivity contribution >= 4 is 5.91 Å². The second-order valence-corrected chi connectivity index (χ2v) is 5.84. The van der Waals surface area contributed by atoms with Gasteiger partial charge in [0.2, 0.25) is 0 Å². The van der Waals surface area contributed by atoms with Crippen LogP contribution in [-0.2, 0) is 11.3 Å². The molecule has 2 aromatic carbocycles. The molecule has 0 saturated heterocycles. The van der Waals surface area contributed by atoms with E-state index in [2.05, 4.69) is 15.3 Å². The minimum absolute atomic E-state index is 0.114. The summed E-state index contributed by atoms with van der Waals surface area (Å²) in [5, 5.41) is 2.79. The highest BCUT2D eigenvalue weighted by atomic mass is 16.5. The lowest BCUT2D eigenvalue weighted by Gasteiger charge is -2.10. The number of para-hydroxylation sites is 2. The Labute approximate surface area is 163 Å². The van der Waals surface area contributed by atoms with E-state index >= 15 is 0 Å². The quantitative estimate of drug-likeness (QED) is 0.648. The van der Waals surface area contributed by atoms with E-state index in [0.29, 0.717) is 17.2 Å². The first-order chi connectivity index (χ1) is 13.7. The Morgan fingerprint density at radius 3 is 2.43 bits per heavy atom. The highest BCUT2D eigenvalue weighted by Gasteiger charge is 2.08. The van der Waals surface area contributed by atoms with Gasteiger partial charge in [0.1, 0.15) is 12.1 Å². The standard InChI is InChI=1S/C21H21N3O4/c1-26-17-9-7-15(8-10-17)18-11-16(23-14-24-18)12-22-21(25)13-28-20-6-4-3-5-19(20)27-2/h3-11,14H,12-13H2,1-2H3,(H,22,25). The number of nitrogens with zero attached hydrogens (tertiary/aromatic N) is 2. The van der Waals surface area contributed by atoms with E-state index in [1.54, 1.807) is 26.4 Å². The normalized spacial score (nSPS) is 10.2. The summed E-state index contributed by atoms with van der Waals surface area (Å²) >= 11 is 0. The van der Waals surface area contributed by atoms with Crippen molar-refractivity contribution in [1.82, 2.24) is 15.3 Å². The molecule has 0 saturated carbocycles. The van der Waals surface area contributed by atoms with Crippen LogP contribution in [-0.4, -0.2) is 36.7 Å². The topological polar surface area (TPSA) is 82.6 Å². The second kappa shape index (κ2) is 9.36. The number of hydrogen-bond donors (Lipinski definition) is 1. The third-order valence-electron chi connectivity index (χ3n) is 4.00. The maximum atomic E-state index is 12.1. The predicted octanol–water partition coefficient (Wildman–Crippen LogP) is 2.86. The molecule has 1 amide bonds. The molecule has 0 unspecified atom stereocenters. The highest BCUT2D eigenvalue weighted by molar-refractivity contribution is 5.77.